The second-order valence-corrected chi connectivity index (χ2v) is 2.95. The predicted octanol–water partition coefficient (Wildman–Crippen LogP) is 0.914. The first-order valence-corrected chi connectivity index (χ1v) is 4.75. The van der Waals surface area contributed by atoms with Crippen LogP contribution in [-0.4, -0.2) is 23.7 Å². The third-order valence-corrected chi connectivity index (χ3v) is 1.76. The largest absolute Gasteiger partial charge is 0.475 e. The highest BCUT2D eigenvalue weighted by atomic mass is 16.5. The van der Waals surface area contributed by atoms with Crippen LogP contribution in [0.1, 0.15) is 23.0 Å². The lowest BCUT2D eigenvalue weighted by Crippen LogP contribution is -2.08. The fourth-order valence-corrected chi connectivity index (χ4v) is 1.00. The van der Waals surface area contributed by atoms with Crippen LogP contribution in [0.3, 0.4) is 0 Å². The number of rotatable bonds is 4. The Kier molecular flexibility index (Phi) is 4.21. The van der Waals surface area contributed by atoms with E-state index >= 15 is 0 Å². The molecule has 6 heteroatoms. The molecule has 0 spiro atoms. The highest BCUT2D eigenvalue weighted by molar-refractivity contribution is 5.87. The van der Waals surface area contributed by atoms with Crippen molar-refractivity contribution in [1.29, 1.82) is 0 Å². The molecule has 1 N–H and O–H groups in total. The number of aromatic carboxylic acids is 1. The summed E-state index contributed by atoms with van der Waals surface area (Å²) in [6, 6.07) is 0.840. The summed E-state index contributed by atoms with van der Waals surface area (Å²) in [6.45, 7) is 1.89. The van der Waals surface area contributed by atoms with Gasteiger partial charge < -0.3 is 14.3 Å². The average molecular weight is 238 g/mol. The first-order valence-electron chi connectivity index (χ1n) is 4.75. The monoisotopic (exact) mass is 238 g/mol. The summed E-state index contributed by atoms with van der Waals surface area (Å²) in [5.41, 5.74) is -0.475. The zero-order chi connectivity index (χ0) is 12.8. The smallest absolute Gasteiger partial charge is 0.371 e. The van der Waals surface area contributed by atoms with Gasteiger partial charge in [0.25, 0.3) is 0 Å². The van der Waals surface area contributed by atoms with Gasteiger partial charge in [-0.25, -0.2) is 9.59 Å². The minimum Gasteiger partial charge on any atom is -0.475 e. The van der Waals surface area contributed by atoms with Crippen molar-refractivity contribution in [2.75, 3.05) is 6.61 Å². The van der Waals surface area contributed by atoms with Gasteiger partial charge in [0.15, 0.2) is 5.43 Å². The second kappa shape index (κ2) is 5.64. The number of hydrogen-bond donors (Lipinski definition) is 1. The highest BCUT2D eigenvalue weighted by Crippen LogP contribution is 2.01. The van der Waals surface area contributed by atoms with Crippen LogP contribution in [-0.2, 0) is 9.53 Å². The highest BCUT2D eigenvalue weighted by Gasteiger charge is 2.08. The quantitative estimate of drug-likeness (QED) is 0.619. The normalized spacial score (nSPS) is 10.4. The van der Waals surface area contributed by atoms with Gasteiger partial charge >= 0.3 is 11.9 Å². The van der Waals surface area contributed by atoms with Gasteiger partial charge in [-0.1, -0.05) is 0 Å². The summed E-state index contributed by atoms with van der Waals surface area (Å²) in [6.07, 6.45) is 3.24. The molecule has 0 atom stereocenters. The minimum atomic E-state index is -1.33. The van der Waals surface area contributed by atoms with E-state index in [9.17, 15) is 14.4 Å². The fourth-order valence-electron chi connectivity index (χ4n) is 1.00. The molecule has 0 aliphatic rings. The van der Waals surface area contributed by atoms with Crippen LogP contribution < -0.4 is 5.43 Å². The molecule has 0 saturated carbocycles. The van der Waals surface area contributed by atoms with E-state index in [2.05, 4.69) is 4.74 Å². The molecule has 0 fully saturated rings. The molecule has 0 radical (unpaired) electrons. The van der Waals surface area contributed by atoms with Gasteiger partial charge in [0.1, 0.15) is 6.26 Å². The van der Waals surface area contributed by atoms with Gasteiger partial charge in [-0.15, -0.1) is 0 Å². The van der Waals surface area contributed by atoms with E-state index in [1.807, 2.05) is 0 Å². The number of esters is 1. The molecule has 17 heavy (non-hydrogen) atoms. The molecular weight excluding hydrogens is 228 g/mol. The van der Waals surface area contributed by atoms with Crippen LogP contribution in [0.5, 0.6) is 0 Å². The molecule has 1 aromatic heterocycles. The topological polar surface area (TPSA) is 93.8 Å². The van der Waals surface area contributed by atoms with Gasteiger partial charge in [-0.2, -0.15) is 0 Å². The maximum absolute atomic E-state index is 11.4. The number of carbonyl (C=O) groups is 2. The van der Waals surface area contributed by atoms with Gasteiger partial charge in [0, 0.05) is 12.1 Å². The standard InChI is InChI=1S/C11H10O6/c1-2-16-10(13)4-3-7-6-17-9(11(14)15)5-8(7)12/h3-6H,2H2,1H3,(H,14,15). The molecule has 0 aromatic carbocycles. The van der Waals surface area contributed by atoms with E-state index in [1.54, 1.807) is 6.92 Å². The van der Waals surface area contributed by atoms with Crippen molar-refractivity contribution in [3.63, 3.8) is 0 Å². The predicted molar refractivity (Wildman–Crippen MR) is 57.6 cm³/mol. The van der Waals surface area contributed by atoms with Crippen molar-refractivity contribution in [3.8, 4) is 0 Å². The molecular formula is C11H10O6. The Morgan fingerprint density at radius 2 is 2.24 bits per heavy atom. The van der Waals surface area contributed by atoms with Crippen LogP contribution in [0, 0.1) is 0 Å². The average Bonchev–Trinajstić information content (AvgIpc) is 2.27. The van der Waals surface area contributed by atoms with Crippen molar-refractivity contribution in [2.45, 2.75) is 6.92 Å². The van der Waals surface area contributed by atoms with Crippen molar-refractivity contribution in [1.82, 2.24) is 0 Å². The van der Waals surface area contributed by atoms with Crippen LogP contribution >= 0.6 is 0 Å². The van der Waals surface area contributed by atoms with E-state index in [-0.39, 0.29) is 12.2 Å². The van der Waals surface area contributed by atoms with Gasteiger partial charge in [0.05, 0.1) is 12.2 Å². The Morgan fingerprint density at radius 3 is 2.76 bits per heavy atom. The third kappa shape index (κ3) is 3.60. The van der Waals surface area contributed by atoms with Crippen LogP contribution in [0.25, 0.3) is 6.08 Å². The molecule has 1 heterocycles. The molecule has 90 valence electrons. The summed E-state index contributed by atoms with van der Waals surface area (Å²) in [5, 5.41) is 8.56. The molecule has 0 aliphatic carbocycles. The molecule has 0 unspecified atom stereocenters. The van der Waals surface area contributed by atoms with E-state index in [4.69, 9.17) is 9.52 Å². The Hall–Kier alpha value is -2.37. The van der Waals surface area contributed by atoms with Gasteiger partial charge in [-0.05, 0) is 13.0 Å². The first kappa shape index (κ1) is 12.7. The molecule has 0 aliphatic heterocycles. The Morgan fingerprint density at radius 1 is 1.53 bits per heavy atom. The molecule has 0 amide bonds. The lowest BCUT2D eigenvalue weighted by Gasteiger charge is -1.96. The minimum absolute atomic E-state index is 0.0723. The zero-order valence-corrected chi connectivity index (χ0v) is 9.00. The molecule has 1 rings (SSSR count). The van der Waals surface area contributed by atoms with E-state index in [1.165, 1.54) is 6.08 Å². The Labute approximate surface area is 96.1 Å². The van der Waals surface area contributed by atoms with Crippen molar-refractivity contribution < 1.29 is 23.8 Å². The SMILES string of the molecule is CCOC(=O)C=Cc1coc(C(=O)O)cc1=O. The number of carboxylic acid groups (broad SMARTS) is 1. The number of carbonyl (C=O) groups excluding carboxylic acids is 1. The summed E-state index contributed by atoms with van der Waals surface area (Å²) < 4.78 is 9.30. The fraction of sp³-hybridized carbons (Fsp3) is 0.182. The van der Waals surface area contributed by atoms with Crippen LogP contribution in [0.4, 0.5) is 0 Å². The summed E-state index contributed by atoms with van der Waals surface area (Å²) >= 11 is 0. The summed E-state index contributed by atoms with van der Waals surface area (Å²) in [7, 11) is 0. The van der Waals surface area contributed by atoms with Crippen molar-refractivity contribution in [2.24, 2.45) is 0 Å². The maximum atomic E-state index is 11.4. The van der Waals surface area contributed by atoms with Crippen molar-refractivity contribution >= 4 is 18.0 Å². The van der Waals surface area contributed by atoms with E-state index in [0.29, 0.717) is 0 Å². The number of carboxylic acids is 1. The lowest BCUT2D eigenvalue weighted by molar-refractivity contribution is -0.137. The maximum Gasteiger partial charge on any atom is 0.371 e. The summed E-state index contributed by atoms with van der Waals surface area (Å²) in [5.74, 6) is -2.37. The van der Waals surface area contributed by atoms with E-state index < -0.39 is 23.1 Å². The number of hydrogen-bond acceptors (Lipinski definition) is 5. The number of ether oxygens (including phenoxy) is 1. The summed E-state index contributed by atoms with van der Waals surface area (Å²) in [4.78, 5) is 32.8. The third-order valence-electron chi connectivity index (χ3n) is 1.76. The Balaban J connectivity index is 2.90. The van der Waals surface area contributed by atoms with E-state index in [0.717, 1.165) is 18.4 Å². The molecule has 0 bridgehead atoms. The van der Waals surface area contributed by atoms with Gasteiger partial charge in [0.2, 0.25) is 5.76 Å². The van der Waals surface area contributed by atoms with Gasteiger partial charge in [-0.3, -0.25) is 4.79 Å². The molecule has 1 aromatic rings. The molecule has 0 saturated heterocycles. The van der Waals surface area contributed by atoms with Crippen LogP contribution in [0.15, 0.2) is 27.6 Å². The zero-order valence-electron chi connectivity index (χ0n) is 9.00. The Bertz CT molecular complexity index is 511. The van der Waals surface area contributed by atoms with Crippen LogP contribution in [0.2, 0.25) is 0 Å². The first-order chi connectivity index (χ1) is 8.04. The lowest BCUT2D eigenvalue weighted by atomic mass is 10.2. The molecule has 6 nitrogen and oxygen atoms in total. The van der Waals surface area contributed by atoms with Crippen molar-refractivity contribution in [3.05, 3.63) is 40.0 Å². The second-order valence-electron chi connectivity index (χ2n) is 2.95.